The minimum absolute atomic E-state index is 0.00810. The summed E-state index contributed by atoms with van der Waals surface area (Å²) in [6.45, 7) is 1.70. The van der Waals surface area contributed by atoms with E-state index in [1.807, 2.05) is 41.3 Å². The molecule has 29 heavy (non-hydrogen) atoms. The zero-order valence-electron chi connectivity index (χ0n) is 16.2. The molecule has 1 atom stereocenters. The van der Waals surface area contributed by atoms with Crippen molar-refractivity contribution in [3.8, 4) is 11.5 Å². The number of likely N-dealkylation sites (tertiary alicyclic amines) is 1. The molecular formula is C22H22N4O3. The van der Waals surface area contributed by atoms with Crippen LogP contribution in [0.3, 0.4) is 0 Å². The second kappa shape index (κ2) is 8.36. The summed E-state index contributed by atoms with van der Waals surface area (Å²) in [5.41, 5.74) is 2.78. The highest BCUT2D eigenvalue weighted by Crippen LogP contribution is 2.27. The summed E-state index contributed by atoms with van der Waals surface area (Å²) in [7, 11) is 1.64. The van der Waals surface area contributed by atoms with E-state index in [1.165, 1.54) is 6.07 Å². The Kier molecular flexibility index (Phi) is 5.48. The molecule has 0 saturated carbocycles. The van der Waals surface area contributed by atoms with E-state index in [9.17, 15) is 9.59 Å². The number of ether oxygens (including phenoxy) is 1. The fourth-order valence-corrected chi connectivity index (χ4v) is 3.59. The number of amides is 1. The molecule has 1 fully saturated rings. The zero-order chi connectivity index (χ0) is 20.2. The lowest BCUT2D eigenvalue weighted by atomic mass is 10.0. The first kappa shape index (κ1) is 19.0. The van der Waals surface area contributed by atoms with E-state index in [1.54, 1.807) is 19.4 Å². The number of H-pyrrole nitrogens is 1. The maximum atomic E-state index is 12.8. The molecule has 3 aromatic rings. The van der Waals surface area contributed by atoms with Crippen LogP contribution in [0, 0.1) is 0 Å². The molecule has 0 bridgehead atoms. The predicted molar refractivity (Wildman–Crippen MR) is 109 cm³/mol. The Hall–Kier alpha value is -3.32. The summed E-state index contributed by atoms with van der Waals surface area (Å²) < 4.78 is 5.11. The van der Waals surface area contributed by atoms with Gasteiger partial charge in [-0.15, -0.1) is 0 Å². The Bertz CT molecular complexity index is 1050. The molecule has 0 spiro atoms. The van der Waals surface area contributed by atoms with Crippen LogP contribution in [0.4, 0.5) is 0 Å². The lowest BCUT2D eigenvalue weighted by Crippen LogP contribution is -2.28. The maximum absolute atomic E-state index is 12.8. The van der Waals surface area contributed by atoms with Crippen molar-refractivity contribution in [2.45, 2.75) is 18.9 Å². The van der Waals surface area contributed by atoms with Crippen LogP contribution in [-0.4, -0.2) is 46.0 Å². The topological polar surface area (TPSA) is 88.2 Å². The second-order valence-corrected chi connectivity index (χ2v) is 7.10. The van der Waals surface area contributed by atoms with Crippen LogP contribution in [0.1, 0.15) is 34.0 Å². The van der Waals surface area contributed by atoms with Gasteiger partial charge in [-0.2, -0.15) is 0 Å². The number of methoxy groups -OCH3 is 1. The summed E-state index contributed by atoms with van der Waals surface area (Å²) in [6.07, 6.45) is 2.43. The maximum Gasteiger partial charge on any atom is 0.253 e. The predicted octanol–water partition coefficient (Wildman–Crippen LogP) is 2.61. The number of carbonyl (C=O) groups is 1. The van der Waals surface area contributed by atoms with Crippen molar-refractivity contribution in [1.82, 2.24) is 19.9 Å². The molecule has 1 amide bonds. The Morgan fingerprint density at radius 1 is 1.24 bits per heavy atom. The number of nitrogens with one attached hydrogen (secondary N) is 1. The molecule has 4 rings (SSSR count). The normalized spacial score (nSPS) is 16.2. The minimum Gasteiger partial charge on any atom is -0.380 e. The van der Waals surface area contributed by atoms with E-state index in [0.29, 0.717) is 42.5 Å². The van der Waals surface area contributed by atoms with Crippen molar-refractivity contribution in [2.75, 3.05) is 20.2 Å². The molecule has 1 aliphatic heterocycles. The molecule has 148 valence electrons. The molecule has 0 unspecified atom stereocenters. The number of aromatic amines is 1. The van der Waals surface area contributed by atoms with Crippen molar-refractivity contribution >= 4 is 5.91 Å². The van der Waals surface area contributed by atoms with Crippen molar-refractivity contribution in [1.29, 1.82) is 0 Å². The lowest BCUT2D eigenvalue weighted by molar-refractivity contribution is 0.0790. The molecule has 7 heteroatoms. The summed E-state index contributed by atoms with van der Waals surface area (Å²) in [5.74, 6) is 0.467. The average Bonchev–Trinajstić information content (AvgIpc) is 3.25. The number of nitrogens with zero attached hydrogens (tertiary/aromatic N) is 3. The first-order valence-electron chi connectivity index (χ1n) is 9.54. The van der Waals surface area contributed by atoms with Gasteiger partial charge in [0.25, 0.3) is 11.5 Å². The molecule has 0 radical (unpaired) electrons. The number of pyridine rings is 1. The molecule has 1 N–H and O–H groups in total. The van der Waals surface area contributed by atoms with E-state index in [2.05, 4.69) is 15.0 Å². The van der Waals surface area contributed by atoms with E-state index in [4.69, 9.17) is 4.74 Å². The van der Waals surface area contributed by atoms with Gasteiger partial charge < -0.3 is 14.6 Å². The first-order valence-corrected chi connectivity index (χ1v) is 9.54. The number of rotatable bonds is 5. The van der Waals surface area contributed by atoms with Gasteiger partial charge in [-0.3, -0.25) is 14.6 Å². The lowest BCUT2D eigenvalue weighted by Gasteiger charge is -2.17. The molecule has 3 heterocycles. The highest BCUT2D eigenvalue weighted by Gasteiger charge is 2.29. The molecular weight excluding hydrogens is 368 g/mol. The van der Waals surface area contributed by atoms with Crippen LogP contribution in [0.15, 0.2) is 59.5 Å². The third kappa shape index (κ3) is 4.25. The minimum atomic E-state index is -0.214. The van der Waals surface area contributed by atoms with E-state index in [-0.39, 0.29) is 17.4 Å². The number of aromatic nitrogens is 3. The quantitative estimate of drug-likeness (QED) is 0.723. The largest absolute Gasteiger partial charge is 0.380 e. The number of carbonyl (C=O) groups excluding carboxylic acids is 1. The second-order valence-electron chi connectivity index (χ2n) is 7.10. The van der Waals surface area contributed by atoms with E-state index < -0.39 is 0 Å². The SMILES string of the molecule is COCc1ccc(C(=O)N2CC[C@@H](c3cc(=O)[nH]c(-c4ccccn4)n3)C2)cc1. The summed E-state index contributed by atoms with van der Waals surface area (Å²) in [5, 5.41) is 0. The van der Waals surface area contributed by atoms with Gasteiger partial charge >= 0.3 is 0 Å². The number of hydrogen-bond donors (Lipinski definition) is 1. The van der Waals surface area contributed by atoms with Gasteiger partial charge in [-0.05, 0) is 36.2 Å². The average molecular weight is 390 g/mol. The Morgan fingerprint density at radius 3 is 2.79 bits per heavy atom. The highest BCUT2D eigenvalue weighted by molar-refractivity contribution is 5.94. The van der Waals surface area contributed by atoms with Crippen LogP contribution in [0.25, 0.3) is 11.5 Å². The van der Waals surface area contributed by atoms with Gasteiger partial charge in [0, 0.05) is 43.9 Å². The molecule has 1 aliphatic rings. The fourth-order valence-electron chi connectivity index (χ4n) is 3.59. The monoisotopic (exact) mass is 390 g/mol. The van der Waals surface area contributed by atoms with Gasteiger partial charge in [0.1, 0.15) is 5.69 Å². The van der Waals surface area contributed by atoms with Crippen molar-refractivity contribution < 1.29 is 9.53 Å². The van der Waals surface area contributed by atoms with Crippen LogP contribution in [-0.2, 0) is 11.3 Å². The van der Waals surface area contributed by atoms with Gasteiger partial charge in [-0.1, -0.05) is 18.2 Å². The van der Waals surface area contributed by atoms with Gasteiger partial charge in [0.15, 0.2) is 5.82 Å². The summed E-state index contributed by atoms with van der Waals surface area (Å²) >= 11 is 0. The van der Waals surface area contributed by atoms with Crippen LogP contribution in [0.5, 0.6) is 0 Å². The molecule has 2 aromatic heterocycles. The number of benzene rings is 1. The van der Waals surface area contributed by atoms with Gasteiger partial charge in [0.05, 0.1) is 12.3 Å². The van der Waals surface area contributed by atoms with E-state index in [0.717, 1.165) is 12.0 Å². The van der Waals surface area contributed by atoms with Crippen LogP contribution in [0.2, 0.25) is 0 Å². The molecule has 0 aliphatic carbocycles. The third-order valence-electron chi connectivity index (χ3n) is 5.07. The smallest absolute Gasteiger partial charge is 0.253 e. The van der Waals surface area contributed by atoms with Crippen molar-refractivity contribution in [2.24, 2.45) is 0 Å². The van der Waals surface area contributed by atoms with Gasteiger partial charge in [0.2, 0.25) is 0 Å². The zero-order valence-corrected chi connectivity index (χ0v) is 16.2. The molecule has 1 saturated heterocycles. The Morgan fingerprint density at radius 2 is 2.07 bits per heavy atom. The Balaban J connectivity index is 1.50. The van der Waals surface area contributed by atoms with Crippen LogP contribution >= 0.6 is 0 Å². The first-order chi connectivity index (χ1) is 14.1. The molecule has 7 nitrogen and oxygen atoms in total. The fraction of sp³-hybridized carbons (Fsp3) is 0.273. The van der Waals surface area contributed by atoms with Crippen molar-refractivity contribution in [3.05, 3.63) is 81.9 Å². The Labute approximate surface area is 168 Å². The van der Waals surface area contributed by atoms with Gasteiger partial charge in [-0.25, -0.2) is 4.98 Å². The standard InChI is InChI=1S/C22H22N4O3/c1-29-14-15-5-7-16(8-6-15)22(28)26-11-9-17(13-26)19-12-20(27)25-21(24-19)18-4-2-3-10-23-18/h2-8,10,12,17H,9,11,13-14H2,1H3,(H,24,25,27)/t17-/m1/s1. The third-order valence-corrected chi connectivity index (χ3v) is 5.07. The number of hydrogen-bond acceptors (Lipinski definition) is 5. The summed E-state index contributed by atoms with van der Waals surface area (Å²) in [6, 6.07) is 14.5. The van der Waals surface area contributed by atoms with Crippen LogP contribution < -0.4 is 5.56 Å². The highest BCUT2D eigenvalue weighted by atomic mass is 16.5. The molecule has 1 aromatic carbocycles. The van der Waals surface area contributed by atoms with E-state index >= 15 is 0 Å². The van der Waals surface area contributed by atoms with Crippen molar-refractivity contribution in [3.63, 3.8) is 0 Å². The summed E-state index contributed by atoms with van der Waals surface area (Å²) in [4.78, 5) is 38.4.